The van der Waals surface area contributed by atoms with Gasteiger partial charge in [-0.15, -0.1) is 0 Å². The normalized spacial score (nSPS) is 10.8. The van der Waals surface area contributed by atoms with Gasteiger partial charge >= 0.3 is 0 Å². The van der Waals surface area contributed by atoms with Gasteiger partial charge in [-0.3, -0.25) is 14.9 Å². The molecule has 1 amide bonds. The molecule has 0 spiro atoms. The fourth-order valence-electron chi connectivity index (χ4n) is 3.05. The van der Waals surface area contributed by atoms with Crippen molar-refractivity contribution in [3.8, 4) is 11.8 Å². The lowest BCUT2D eigenvalue weighted by molar-refractivity contribution is -0.384. The molecule has 0 unspecified atom stereocenters. The number of amides is 1. The highest BCUT2D eigenvalue weighted by Gasteiger charge is 2.11. The van der Waals surface area contributed by atoms with Crippen LogP contribution in [0.2, 0.25) is 0 Å². The van der Waals surface area contributed by atoms with Crippen molar-refractivity contribution in [2.24, 2.45) is 0 Å². The first-order valence-corrected chi connectivity index (χ1v) is 9.83. The molecule has 0 aliphatic rings. The van der Waals surface area contributed by atoms with Crippen molar-refractivity contribution in [2.75, 3.05) is 11.9 Å². The fourth-order valence-corrected chi connectivity index (χ4v) is 3.05. The molecule has 0 bridgehead atoms. The van der Waals surface area contributed by atoms with Gasteiger partial charge in [0.1, 0.15) is 5.75 Å². The maximum Gasteiger partial charge on any atom is 0.269 e. The first-order chi connectivity index (χ1) is 15.4. The summed E-state index contributed by atoms with van der Waals surface area (Å²) < 4.78 is 5.72. The number of carbonyl (C=O) groups is 1. The van der Waals surface area contributed by atoms with Crippen molar-refractivity contribution in [3.63, 3.8) is 0 Å². The minimum absolute atomic E-state index is 0.0513. The standard InChI is InChI=1S/C25H21N3O4/c1-17-6-5-8-23(18(17)2)27-25(29)16-32-24-9-4-3-7-20(24)14-21(15-26)19-10-12-22(13-11-19)28(30)31/h3-14H,16H2,1-2H3,(H,27,29)/b21-14+. The Morgan fingerprint density at radius 2 is 1.81 bits per heavy atom. The monoisotopic (exact) mass is 427 g/mol. The van der Waals surface area contributed by atoms with Gasteiger partial charge in [0, 0.05) is 23.4 Å². The number of nitriles is 1. The van der Waals surface area contributed by atoms with Crippen LogP contribution < -0.4 is 10.1 Å². The molecule has 0 radical (unpaired) electrons. The molecular weight excluding hydrogens is 406 g/mol. The Hall–Kier alpha value is -4.44. The first kappa shape index (κ1) is 22.2. The molecule has 3 rings (SSSR count). The van der Waals surface area contributed by atoms with Gasteiger partial charge in [0.05, 0.1) is 16.6 Å². The Bertz CT molecular complexity index is 1220. The maximum atomic E-state index is 12.4. The van der Waals surface area contributed by atoms with E-state index in [2.05, 4.69) is 11.4 Å². The van der Waals surface area contributed by atoms with E-state index in [-0.39, 0.29) is 18.2 Å². The molecule has 0 aliphatic heterocycles. The van der Waals surface area contributed by atoms with Gasteiger partial charge in [0.2, 0.25) is 0 Å². The topological polar surface area (TPSA) is 105 Å². The van der Waals surface area contributed by atoms with Gasteiger partial charge < -0.3 is 10.1 Å². The Morgan fingerprint density at radius 1 is 1.09 bits per heavy atom. The van der Waals surface area contributed by atoms with Crippen LogP contribution in [-0.2, 0) is 4.79 Å². The third-order valence-electron chi connectivity index (χ3n) is 4.97. The number of nitro groups is 1. The van der Waals surface area contributed by atoms with Crippen molar-refractivity contribution in [3.05, 3.63) is 99.1 Å². The lowest BCUT2D eigenvalue weighted by Crippen LogP contribution is -2.21. The number of ether oxygens (including phenoxy) is 1. The number of anilines is 1. The highest BCUT2D eigenvalue weighted by atomic mass is 16.6. The third-order valence-corrected chi connectivity index (χ3v) is 4.97. The average Bonchev–Trinajstić information content (AvgIpc) is 2.80. The number of aryl methyl sites for hydroxylation is 1. The average molecular weight is 427 g/mol. The zero-order valence-corrected chi connectivity index (χ0v) is 17.7. The minimum Gasteiger partial charge on any atom is -0.483 e. The number of benzene rings is 3. The predicted molar refractivity (Wildman–Crippen MR) is 123 cm³/mol. The summed E-state index contributed by atoms with van der Waals surface area (Å²) in [6, 6.07) is 20.6. The lowest BCUT2D eigenvalue weighted by Gasteiger charge is -2.12. The number of non-ortho nitro benzene ring substituents is 1. The van der Waals surface area contributed by atoms with Crippen LogP contribution >= 0.6 is 0 Å². The molecule has 0 heterocycles. The van der Waals surface area contributed by atoms with Crippen molar-refractivity contribution in [1.82, 2.24) is 0 Å². The van der Waals surface area contributed by atoms with Crippen molar-refractivity contribution < 1.29 is 14.5 Å². The molecule has 160 valence electrons. The van der Waals surface area contributed by atoms with Crippen LogP contribution in [0, 0.1) is 35.3 Å². The van der Waals surface area contributed by atoms with Crippen LogP contribution in [-0.4, -0.2) is 17.4 Å². The highest BCUT2D eigenvalue weighted by Crippen LogP contribution is 2.26. The van der Waals surface area contributed by atoms with Gasteiger partial charge in [0.15, 0.2) is 6.61 Å². The number of rotatable bonds is 7. The summed E-state index contributed by atoms with van der Waals surface area (Å²) in [5.74, 6) is 0.145. The van der Waals surface area contributed by atoms with Crippen molar-refractivity contribution in [1.29, 1.82) is 5.26 Å². The summed E-state index contributed by atoms with van der Waals surface area (Å²) in [5, 5.41) is 23.3. The van der Waals surface area contributed by atoms with Crippen molar-refractivity contribution >= 4 is 28.9 Å². The molecule has 1 N–H and O–H groups in total. The number of allylic oxidation sites excluding steroid dienone is 1. The van der Waals surface area contributed by atoms with Gasteiger partial charge in [-0.1, -0.05) is 30.3 Å². The summed E-state index contributed by atoms with van der Waals surface area (Å²) in [6.45, 7) is 3.72. The number of nitrogens with one attached hydrogen (secondary N) is 1. The second-order valence-electron chi connectivity index (χ2n) is 7.10. The van der Waals surface area contributed by atoms with Crippen molar-refractivity contribution in [2.45, 2.75) is 13.8 Å². The fraction of sp³-hybridized carbons (Fsp3) is 0.120. The van der Waals surface area contributed by atoms with Crippen LogP contribution in [0.25, 0.3) is 11.6 Å². The minimum atomic E-state index is -0.494. The van der Waals surface area contributed by atoms with Gasteiger partial charge in [0.25, 0.3) is 11.6 Å². The lowest BCUT2D eigenvalue weighted by atomic mass is 10.0. The Morgan fingerprint density at radius 3 is 2.50 bits per heavy atom. The van der Waals surface area contributed by atoms with Crippen LogP contribution in [0.5, 0.6) is 5.75 Å². The first-order valence-electron chi connectivity index (χ1n) is 9.83. The van der Waals surface area contributed by atoms with E-state index >= 15 is 0 Å². The number of hydrogen-bond donors (Lipinski definition) is 1. The molecule has 0 aromatic heterocycles. The largest absolute Gasteiger partial charge is 0.483 e. The number of hydrogen-bond acceptors (Lipinski definition) is 5. The molecule has 0 saturated carbocycles. The summed E-state index contributed by atoms with van der Waals surface area (Å²) in [5.41, 5.74) is 4.22. The van der Waals surface area contributed by atoms with Crippen LogP contribution in [0.3, 0.4) is 0 Å². The SMILES string of the molecule is Cc1cccc(NC(=O)COc2ccccc2/C=C(\C#N)c2ccc([N+](=O)[O-])cc2)c1C. The molecule has 0 fully saturated rings. The molecule has 0 saturated heterocycles. The van der Waals surface area contributed by atoms with E-state index in [4.69, 9.17) is 4.74 Å². The van der Waals surface area contributed by atoms with E-state index < -0.39 is 4.92 Å². The second kappa shape index (κ2) is 10.0. The van der Waals surface area contributed by atoms with E-state index in [0.29, 0.717) is 22.4 Å². The van der Waals surface area contributed by atoms with E-state index in [1.165, 1.54) is 24.3 Å². The van der Waals surface area contributed by atoms with E-state index in [0.717, 1.165) is 16.8 Å². The molecule has 3 aromatic rings. The smallest absolute Gasteiger partial charge is 0.269 e. The number of carbonyl (C=O) groups excluding carboxylic acids is 1. The molecule has 32 heavy (non-hydrogen) atoms. The van der Waals surface area contributed by atoms with Crippen LogP contribution in [0.4, 0.5) is 11.4 Å². The summed E-state index contributed by atoms with van der Waals surface area (Å²) in [4.78, 5) is 22.7. The van der Waals surface area contributed by atoms with Gasteiger partial charge in [-0.25, -0.2) is 0 Å². The Labute approximate surface area is 185 Å². The Balaban J connectivity index is 1.76. The predicted octanol–water partition coefficient (Wildman–Crippen LogP) is 5.29. The summed E-state index contributed by atoms with van der Waals surface area (Å²) >= 11 is 0. The summed E-state index contributed by atoms with van der Waals surface area (Å²) in [7, 11) is 0. The van der Waals surface area contributed by atoms with Crippen LogP contribution in [0.1, 0.15) is 22.3 Å². The second-order valence-corrected chi connectivity index (χ2v) is 7.10. The van der Waals surface area contributed by atoms with E-state index in [9.17, 15) is 20.2 Å². The highest BCUT2D eigenvalue weighted by molar-refractivity contribution is 5.93. The Kier molecular flexibility index (Phi) is 6.99. The molecule has 7 heteroatoms. The van der Waals surface area contributed by atoms with E-state index in [1.807, 2.05) is 32.0 Å². The molecule has 0 aliphatic carbocycles. The number of nitrogens with zero attached hydrogens (tertiary/aromatic N) is 2. The molecule has 7 nitrogen and oxygen atoms in total. The number of nitro benzene ring substituents is 1. The van der Waals surface area contributed by atoms with E-state index in [1.54, 1.807) is 30.3 Å². The zero-order chi connectivity index (χ0) is 23.1. The summed E-state index contributed by atoms with van der Waals surface area (Å²) in [6.07, 6.45) is 1.62. The number of para-hydroxylation sites is 1. The molecular formula is C25H21N3O4. The van der Waals surface area contributed by atoms with Crippen LogP contribution in [0.15, 0.2) is 66.7 Å². The van der Waals surface area contributed by atoms with Gasteiger partial charge in [-0.2, -0.15) is 5.26 Å². The van der Waals surface area contributed by atoms with Gasteiger partial charge in [-0.05, 0) is 60.9 Å². The quantitative estimate of drug-likeness (QED) is 0.239. The zero-order valence-electron chi connectivity index (χ0n) is 17.7. The third kappa shape index (κ3) is 5.37. The molecule has 0 atom stereocenters. The maximum absolute atomic E-state index is 12.4. The molecule has 3 aromatic carbocycles.